The number of benzene rings is 1. The molecule has 8 heteroatoms. The van der Waals surface area contributed by atoms with Crippen LogP contribution in [0.4, 0.5) is 16.2 Å². The van der Waals surface area contributed by atoms with Crippen molar-refractivity contribution in [2.24, 2.45) is 4.99 Å². The van der Waals surface area contributed by atoms with Crippen LogP contribution in [0.15, 0.2) is 63.0 Å². The van der Waals surface area contributed by atoms with Gasteiger partial charge in [-0.1, -0.05) is 12.7 Å². The molecular weight excluding hydrogens is 396 g/mol. The summed E-state index contributed by atoms with van der Waals surface area (Å²) in [6.45, 7) is 15.1. The molecule has 2 aromatic rings. The van der Waals surface area contributed by atoms with Crippen LogP contribution in [0.5, 0.6) is 0 Å². The van der Waals surface area contributed by atoms with E-state index in [4.69, 9.17) is 9.15 Å². The first-order chi connectivity index (χ1) is 14.7. The maximum atomic E-state index is 12.4. The number of rotatable bonds is 5. The van der Waals surface area contributed by atoms with Crippen LogP contribution in [0.3, 0.4) is 0 Å². The monoisotopic (exact) mass is 424 g/mol. The Kier molecular flexibility index (Phi) is 6.48. The Bertz CT molecular complexity index is 1070. The summed E-state index contributed by atoms with van der Waals surface area (Å²) in [4.78, 5) is 32.3. The molecule has 3 rings (SSSR count). The van der Waals surface area contributed by atoms with Crippen LogP contribution in [0.25, 0.3) is 11.0 Å². The van der Waals surface area contributed by atoms with E-state index in [0.717, 1.165) is 11.1 Å². The lowest BCUT2D eigenvalue weighted by Gasteiger charge is -2.36. The van der Waals surface area contributed by atoms with Gasteiger partial charge in [0.2, 0.25) is 0 Å². The number of amides is 1. The lowest BCUT2D eigenvalue weighted by Crippen LogP contribution is -2.50. The largest absolute Gasteiger partial charge is 0.444 e. The summed E-state index contributed by atoms with van der Waals surface area (Å²) in [6, 6.07) is 7.43. The predicted octanol–water partition coefficient (Wildman–Crippen LogP) is 3.99. The van der Waals surface area contributed by atoms with Gasteiger partial charge >= 0.3 is 11.7 Å². The maximum Gasteiger partial charge on any atom is 0.410 e. The molecule has 8 nitrogen and oxygen atoms in total. The van der Waals surface area contributed by atoms with Crippen molar-refractivity contribution in [1.29, 1.82) is 0 Å². The minimum Gasteiger partial charge on any atom is -0.444 e. The average Bonchev–Trinajstić information content (AvgIpc) is 2.72. The quantitative estimate of drug-likeness (QED) is 0.444. The Labute approximate surface area is 181 Å². The Morgan fingerprint density at radius 1 is 1.23 bits per heavy atom. The number of ether oxygens (including phenoxy) is 1. The van der Waals surface area contributed by atoms with Crippen LogP contribution >= 0.6 is 0 Å². The van der Waals surface area contributed by atoms with E-state index in [2.05, 4.69) is 28.5 Å². The van der Waals surface area contributed by atoms with E-state index in [1.54, 1.807) is 23.1 Å². The summed E-state index contributed by atoms with van der Waals surface area (Å²) in [7, 11) is 0. The van der Waals surface area contributed by atoms with Crippen molar-refractivity contribution in [2.45, 2.75) is 26.4 Å². The molecule has 0 aliphatic carbocycles. The molecule has 1 saturated heterocycles. The third-order valence-electron chi connectivity index (χ3n) is 4.72. The van der Waals surface area contributed by atoms with E-state index in [1.165, 1.54) is 0 Å². The summed E-state index contributed by atoms with van der Waals surface area (Å²) < 4.78 is 11.0. The van der Waals surface area contributed by atoms with Crippen LogP contribution in [-0.2, 0) is 4.74 Å². The minimum atomic E-state index is -0.512. The van der Waals surface area contributed by atoms with Crippen LogP contribution in [0, 0.1) is 0 Å². The van der Waals surface area contributed by atoms with Crippen molar-refractivity contribution in [3.63, 3.8) is 0 Å². The van der Waals surface area contributed by atoms with Gasteiger partial charge in [-0.05, 0) is 51.8 Å². The van der Waals surface area contributed by atoms with E-state index in [-0.39, 0.29) is 11.8 Å². The van der Waals surface area contributed by atoms with Gasteiger partial charge in [0.25, 0.3) is 0 Å². The highest BCUT2D eigenvalue weighted by Crippen LogP contribution is 2.25. The molecule has 164 valence electrons. The molecule has 2 heterocycles. The highest BCUT2D eigenvalue weighted by Gasteiger charge is 2.26. The van der Waals surface area contributed by atoms with Gasteiger partial charge < -0.3 is 24.3 Å². The number of carbonyl (C=O) groups is 1. The smallest absolute Gasteiger partial charge is 0.410 e. The van der Waals surface area contributed by atoms with Crippen molar-refractivity contribution >= 4 is 35.2 Å². The van der Waals surface area contributed by atoms with Gasteiger partial charge in [0.05, 0.1) is 0 Å². The zero-order valence-corrected chi connectivity index (χ0v) is 18.2. The molecule has 1 aromatic heterocycles. The first-order valence-electron chi connectivity index (χ1n) is 10.1. The maximum absolute atomic E-state index is 12.4. The first kappa shape index (κ1) is 22.1. The molecule has 0 spiro atoms. The molecule has 0 saturated carbocycles. The molecule has 1 N–H and O–H groups in total. The summed E-state index contributed by atoms with van der Waals surface area (Å²) in [5.74, 6) is 0.404. The number of aliphatic imine (C=N–C) groups is 1. The number of nitrogens with zero attached hydrogens (tertiary/aromatic N) is 3. The molecule has 0 atom stereocenters. The molecule has 1 aliphatic heterocycles. The van der Waals surface area contributed by atoms with E-state index in [1.807, 2.05) is 39.0 Å². The minimum absolute atomic E-state index is 0.270. The third kappa shape index (κ3) is 5.53. The molecule has 31 heavy (non-hydrogen) atoms. The molecule has 0 radical (unpaired) electrons. The van der Waals surface area contributed by atoms with E-state index < -0.39 is 11.2 Å². The Morgan fingerprint density at radius 2 is 1.94 bits per heavy atom. The fourth-order valence-corrected chi connectivity index (χ4v) is 3.24. The second-order valence-corrected chi connectivity index (χ2v) is 8.19. The SMILES string of the molecule is C=C/C=C(\N=C)Nc1cc2ccc(N3CCN(C(=O)OC(C)(C)C)CC3)cc2oc1=O. The number of anilines is 2. The molecule has 0 bridgehead atoms. The second kappa shape index (κ2) is 9.07. The van der Waals surface area contributed by atoms with Gasteiger partial charge in [-0.15, -0.1) is 0 Å². The topological polar surface area (TPSA) is 87.4 Å². The fraction of sp³-hybridized carbons (Fsp3) is 0.348. The third-order valence-corrected chi connectivity index (χ3v) is 4.72. The Balaban J connectivity index is 1.73. The zero-order valence-electron chi connectivity index (χ0n) is 18.2. The fourth-order valence-electron chi connectivity index (χ4n) is 3.24. The molecule has 1 aromatic carbocycles. The van der Waals surface area contributed by atoms with Crippen molar-refractivity contribution < 1.29 is 13.9 Å². The summed E-state index contributed by atoms with van der Waals surface area (Å²) in [5, 5.41) is 3.67. The van der Waals surface area contributed by atoms with Crippen molar-refractivity contribution in [1.82, 2.24) is 4.90 Å². The second-order valence-electron chi connectivity index (χ2n) is 8.19. The van der Waals surface area contributed by atoms with Crippen molar-refractivity contribution in [3.8, 4) is 0 Å². The summed E-state index contributed by atoms with van der Waals surface area (Å²) >= 11 is 0. The van der Waals surface area contributed by atoms with Crippen LogP contribution in [0.2, 0.25) is 0 Å². The zero-order chi connectivity index (χ0) is 22.6. The molecule has 1 fully saturated rings. The average molecular weight is 425 g/mol. The van der Waals surface area contributed by atoms with Gasteiger partial charge in [-0.2, -0.15) is 0 Å². The Hall–Kier alpha value is -3.55. The van der Waals surface area contributed by atoms with Gasteiger partial charge in [0.15, 0.2) is 0 Å². The van der Waals surface area contributed by atoms with E-state index in [0.29, 0.717) is 37.6 Å². The number of hydrogen-bond donors (Lipinski definition) is 1. The van der Waals surface area contributed by atoms with Crippen LogP contribution in [-0.4, -0.2) is 49.5 Å². The lowest BCUT2D eigenvalue weighted by atomic mass is 10.1. The van der Waals surface area contributed by atoms with Gasteiger partial charge in [-0.25, -0.2) is 14.6 Å². The number of nitrogens with one attached hydrogen (secondary N) is 1. The molecule has 1 amide bonds. The lowest BCUT2D eigenvalue weighted by molar-refractivity contribution is 0.0240. The van der Waals surface area contributed by atoms with Crippen molar-refractivity contribution in [3.05, 3.63) is 59.2 Å². The van der Waals surface area contributed by atoms with Crippen molar-refractivity contribution in [2.75, 3.05) is 36.4 Å². The number of fused-ring (bicyclic) bond motifs is 1. The Morgan fingerprint density at radius 3 is 2.55 bits per heavy atom. The number of piperazine rings is 1. The van der Waals surface area contributed by atoms with E-state index in [9.17, 15) is 9.59 Å². The molecular formula is C23H28N4O4. The number of carbonyl (C=O) groups excluding carboxylic acids is 1. The normalized spacial score (nSPS) is 15.0. The molecule has 0 unspecified atom stereocenters. The van der Waals surface area contributed by atoms with Gasteiger partial charge in [-0.3, -0.25) is 0 Å². The first-order valence-corrected chi connectivity index (χ1v) is 10.1. The van der Waals surface area contributed by atoms with Gasteiger partial charge in [0, 0.05) is 43.3 Å². The van der Waals surface area contributed by atoms with E-state index >= 15 is 0 Å². The molecule has 1 aliphatic rings. The highest BCUT2D eigenvalue weighted by atomic mass is 16.6. The number of allylic oxidation sites excluding steroid dienone is 2. The van der Waals surface area contributed by atoms with Crippen LogP contribution in [0.1, 0.15) is 20.8 Å². The summed E-state index contributed by atoms with van der Waals surface area (Å²) in [5.41, 5.74) is 0.676. The summed E-state index contributed by atoms with van der Waals surface area (Å²) in [6.07, 6.45) is 2.86. The predicted molar refractivity (Wildman–Crippen MR) is 124 cm³/mol. The van der Waals surface area contributed by atoms with Crippen LogP contribution < -0.4 is 15.8 Å². The number of hydrogen-bond acceptors (Lipinski definition) is 7. The highest BCUT2D eigenvalue weighted by molar-refractivity contribution is 5.83. The standard InChI is InChI=1S/C23H28N4O4/c1-6-7-20(24-5)25-18-14-16-8-9-17(15-19(16)30-21(18)28)26-10-12-27(13-11-26)22(29)31-23(2,3)4/h6-9,14-15,25H,1,5,10-13H2,2-4H3/b20-7+. The van der Waals surface area contributed by atoms with Gasteiger partial charge in [0.1, 0.15) is 22.7 Å².